The van der Waals surface area contributed by atoms with Gasteiger partial charge in [-0.3, -0.25) is 9.59 Å². The molecular formula is C18H23N3O2S. The highest BCUT2D eigenvalue weighted by molar-refractivity contribution is 8.00. The average molecular weight is 345 g/mol. The van der Waals surface area contributed by atoms with Crippen molar-refractivity contribution >= 4 is 23.4 Å². The molecule has 0 unspecified atom stereocenters. The van der Waals surface area contributed by atoms with Gasteiger partial charge in [0.2, 0.25) is 5.91 Å². The predicted octanol–water partition coefficient (Wildman–Crippen LogP) is 3.32. The molecule has 2 N–H and O–H groups in total. The minimum Gasteiger partial charge on any atom is -0.325 e. The Morgan fingerprint density at radius 2 is 1.92 bits per heavy atom. The molecule has 0 spiro atoms. The van der Waals surface area contributed by atoms with Gasteiger partial charge in [-0.05, 0) is 37.8 Å². The largest absolute Gasteiger partial charge is 0.325 e. The summed E-state index contributed by atoms with van der Waals surface area (Å²) in [6.45, 7) is 7.71. The fourth-order valence-electron chi connectivity index (χ4n) is 2.46. The maximum Gasteiger partial charge on any atom is 0.251 e. The summed E-state index contributed by atoms with van der Waals surface area (Å²) in [5.41, 5.74) is 3.59. The third-order valence-corrected chi connectivity index (χ3v) is 4.74. The van der Waals surface area contributed by atoms with Crippen LogP contribution in [0.25, 0.3) is 0 Å². The standard InChI is InChI=1S/C18H23N3O2S/c1-5-13-8-7-9-14(6-2)16(13)21-17(23)12(4)24-18-19-11(3)10-15(22)20-18/h7-10,12H,5-6H2,1-4H3,(H,21,23)(H,19,20,22)/t12-/m1/s1. The van der Waals surface area contributed by atoms with Gasteiger partial charge in [0.25, 0.3) is 5.56 Å². The number of hydrogen-bond donors (Lipinski definition) is 2. The van der Waals surface area contributed by atoms with Gasteiger partial charge >= 0.3 is 0 Å². The summed E-state index contributed by atoms with van der Waals surface area (Å²) in [4.78, 5) is 31.0. The number of aryl methyl sites for hydroxylation is 3. The van der Waals surface area contributed by atoms with Gasteiger partial charge in [-0.1, -0.05) is 43.8 Å². The van der Waals surface area contributed by atoms with Crippen molar-refractivity contribution in [1.29, 1.82) is 0 Å². The lowest BCUT2D eigenvalue weighted by Gasteiger charge is -2.17. The number of carbonyl (C=O) groups is 1. The quantitative estimate of drug-likeness (QED) is 0.622. The van der Waals surface area contributed by atoms with E-state index in [9.17, 15) is 9.59 Å². The van der Waals surface area contributed by atoms with E-state index in [1.54, 1.807) is 6.92 Å². The molecule has 0 fully saturated rings. The summed E-state index contributed by atoms with van der Waals surface area (Å²) in [5.74, 6) is -0.0974. The number of H-pyrrole nitrogens is 1. The molecule has 0 saturated carbocycles. The first-order chi connectivity index (χ1) is 11.4. The number of nitrogens with one attached hydrogen (secondary N) is 2. The van der Waals surface area contributed by atoms with Gasteiger partial charge < -0.3 is 10.3 Å². The molecule has 2 rings (SSSR count). The Balaban J connectivity index is 2.16. The molecule has 2 aromatic rings. The molecule has 5 nitrogen and oxygen atoms in total. The number of para-hydroxylation sites is 1. The number of nitrogens with zero attached hydrogens (tertiary/aromatic N) is 1. The van der Waals surface area contributed by atoms with Crippen molar-refractivity contribution < 1.29 is 4.79 Å². The lowest BCUT2D eigenvalue weighted by molar-refractivity contribution is -0.115. The number of hydrogen-bond acceptors (Lipinski definition) is 4. The van der Waals surface area contributed by atoms with Crippen LogP contribution in [0.15, 0.2) is 34.2 Å². The lowest BCUT2D eigenvalue weighted by Crippen LogP contribution is -2.24. The molecule has 1 atom stereocenters. The highest BCUT2D eigenvalue weighted by Crippen LogP contribution is 2.25. The van der Waals surface area contributed by atoms with E-state index in [1.165, 1.54) is 17.8 Å². The van der Waals surface area contributed by atoms with Crippen molar-refractivity contribution in [3.05, 3.63) is 51.4 Å². The smallest absolute Gasteiger partial charge is 0.251 e. The van der Waals surface area contributed by atoms with Gasteiger partial charge in [0.1, 0.15) is 0 Å². The van der Waals surface area contributed by atoms with E-state index in [4.69, 9.17) is 0 Å². The second-order valence-corrected chi connectivity index (χ2v) is 6.93. The molecule has 1 aromatic heterocycles. The maximum atomic E-state index is 12.6. The summed E-state index contributed by atoms with van der Waals surface area (Å²) >= 11 is 1.25. The number of thioether (sulfide) groups is 1. The molecule has 0 aliphatic rings. The van der Waals surface area contributed by atoms with Crippen molar-refractivity contribution in [1.82, 2.24) is 9.97 Å². The summed E-state index contributed by atoms with van der Waals surface area (Å²) in [6.07, 6.45) is 1.72. The Morgan fingerprint density at radius 1 is 1.29 bits per heavy atom. The van der Waals surface area contributed by atoms with Crippen LogP contribution >= 0.6 is 11.8 Å². The molecule has 0 aliphatic carbocycles. The zero-order valence-corrected chi connectivity index (χ0v) is 15.3. The van der Waals surface area contributed by atoms with Crippen LogP contribution in [-0.2, 0) is 17.6 Å². The highest BCUT2D eigenvalue weighted by atomic mass is 32.2. The van der Waals surface area contributed by atoms with Gasteiger partial charge in [-0.2, -0.15) is 0 Å². The monoisotopic (exact) mass is 345 g/mol. The topological polar surface area (TPSA) is 74.8 Å². The average Bonchev–Trinajstić information content (AvgIpc) is 2.53. The Bertz CT molecular complexity index is 764. The first kappa shape index (κ1) is 18.3. The van der Waals surface area contributed by atoms with E-state index in [-0.39, 0.29) is 16.7 Å². The van der Waals surface area contributed by atoms with Crippen LogP contribution in [0.4, 0.5) is 5.69 Å². The molecular weight excluding hydrogens is 322 g/mol. The predicted molar refractivity (Wildman–Crippen MR) is 98.7 cm³/mol. The van der Waals surface area contributed by atoms with Gasteiger partial charge in [0.15, 0.2) is 5.16 Å². The summed E-state index contributed by atoms with van der Waals surface area (Å²) in [7, 11) is 0. The van der Waals surface area contributed by atoms with E-state index in [0.717, 1.165) is 29.7 Å². The minimum atomic E-state index is -0.371. The summed E-state index contributed by atoms with van der Waals surface area (Å²) < 4.78 is 0. The van der Waals surface area contributed by atoms with Crippen LogP contribution in [0.5, 0.6) is 0 Å². The van der Waals surface area contributed by atoms with Crippen LogP contribution in [0.2, 0.25) is 0 Å². The summed E-state index contributed by atoms with van der Waals surface area (Å²) in [6, 6.07) is 7.52. The highest BCUT2D eigenvalue weighted by Gasteiger charge is 2.18. The fourth-order valence-corrected chi connectivity index (χ4v) is 3.31. The first-order valence-corrected chi connectivity index (χ1v) is 8.98. The second-order valence-electron chi connectivity index (χ2n) is 5.60. The van der Waals surface area contributed by atoms with Gasteiger partial charge in [-0.15, -0.1) is 0 Å². The van der Waals surface area contributed by atoms with Crippen LogP contribution in [0, 0.1) is 6.92 Å². The maximum absolute atomic E-state index is 12.6. The second kappa shape index (κ2) is 8.15. The number of benzene rings is 1. The Labute approximate surface area is 146 Å². The lowest BCUT2D eigenvalue weighted by atomic mass is 10.0. The molecule has 1 aromatic carbocycles. The van der Waals surface area contributed by atoms with Gasteiger partial charge in [-0.25, -0.2) is 4.98 Å². The van der Waals surface area contributed by atoms with Gasteiger partial charge in [0.05, 0.1) is 5.25 Å². The SMILES string of the molecule is CCc1cccc(CC)c1NC(=O)[C@@H](C)Sc1nc(C)cc(=O)[nH]1. The number of rotatable bonds is 6. The Hall–Kier alpha value is -2.08. The van der Waals surface area contributed by atoms with Gasteiger partial charge in [0, 0.05) is 17.4 Å². The van der Waals surface area contributed by atoms with E-state index in [2.05, 4.69) is 29.1 Å². The van der Waals surface area contributed by atoms with Crippen molar-refractivity contribution in [3.63, 3.8) is 0 Å². The molecule has 0 bridgehead atoms. The van der Waals surface area contributed by atoms with Crippen molar-refractivity contribution in [2.24, 2.45) is 0 Å². The Morgan fingerprint density at radius 3 is 2.46 bits per heavy atom. The molecule has 128 valence electrons. The van der Waals surface area contributed by atoms with Crippen LogP contribution < -0.4 is 10.9 Å². The number of carbonyl (C=O) groups excluding carboxylic acids is 1. The molecule has 0 saturated heterocycles. The first-order valence-electron chi connectivity index (χ1n) is 8.10. The molecule has 6 heteroatoms. The number of aromatic nitrogens is 2. The molecule has 1 heterocycles. The van der Waals surface area contributed by atoms with Crippen molar-refractivity contribution in [3.8, 4) is 0 Å². The molecule has 1 amide bonds. The normalized spacial score (nSPS) is 12.0. The van der Waals surface area contributed by atoms with E-state index < -0.39 is 0 Å². The number of amides is 1. The van der Waals surface area contributed by atoms with Crippen LogP contribution in [0.3, 0.4) is 0 Å². The third-order valence-electron chi connectivity index (χ3n) is 3.75. The van der Waals surface area contributed by atoms with Crippen molar-refractivity contribution in [2.45, 2.75) is 50.9 Å². The zero-order valence-electron chi connectivity index (χ0n) is 14.5. The molecule has 0 radical (unpaired) electrons. The van der Waals surface area contributed by atoms with E-state index in [1.807, 2.05) is 25.1 Å². The minimum absolute atomic E-state index is 0.0974. The molecule has 0 aliphatic heterocycles. The van der Waals surface area contributed by atoms with Crippen molar-refractivity contribution in [2.75, 3.05) is 5.32 Å². The number of anilines is 1. The van der Waals surface area contributed by atoms with E-state index >= 15 is 0 Å². The molecule has 24 heavy (non-hydrogen) atoms. The van der Waals surface area contributed by atoms with Crippen LogP contribution in [0.1, 0.15) is 37.6 Å². The van der Waals surface area contributed by atoms with E-state index in [0.29, 0.717) is 10.9 Å². The zero-order chi connectivity index (χ0) is 17.7. The fraction of sp³-hybridized carbons (Fsp3) is 0.389. The third kappa shape index (κ3) is 4.47. The van der Waals surface area contributed by atoms with Crippen LogP contribution in [-0.4, -0.2) is 21.1 Å². The number of aromatic amines is 1. The summed E-state index contributed by atoms with van der Waals surface area (Å²) in [5, 5.41) is 3.14. The Kier molecular flexibility index (Phi) is 6.20.